The number of hydrogen-bond acceptors (Lipinski definition) is 1. The molecular weight excluding hydrogens is 258 g/mol. The van der Waals surface area contributed by atoms with Crippen molar-refractivity contribution in [1.29, 1.82) is 0 Å². The molecule has 21 heavy (non-hydrogen) atoms. The van der Waals surface area contributed by atoms with Crippen molar-refractivity contribution in [2.45, 2.75) is 20.8 Å². The maximum absolute atomic E-state index is 12.1. The predicted octanol–water partition coefficient (Wildman–Crippen LogP) is 4.98. The highest BCUT2D eigenvalue weighted by Crippen LogP contribution is 2.26. The van der Waals surface area contributed by atoms with E-state index < -0.39 is 5.41 Å². The van der Waals surface area contributed by atoms with Crippen LogP contribution in [0.4, 0.5) is 5.69 Å². The second-order valence-electron chi connectivity index (χ2n) is 6.47. The highest BCUT2D eigenvalue weighted by Gasteiger charge is 2.21. The van der Waals surface area contributed by atoms with E-state index in [9.17, 15) is 4.79 Å². The monoisotopic (exact) mass is 277 g/mol. The van der Waals surface area contributed by atoms with E-state index in [1.54, 1.807) is 0 Å². The maximum Gasteiger partial charge on any atom is 0.229 e. The van der Waals surface area contributed by atoms with Gasteiger partial charge in [0.25, 0.3) is 0 Å². The van der Waals surface area contributed by atoms with Crippen LogP contribution in [0.5, 0.6) is 0 Å². The van der Waals surface area contributed by atoms with Gasteiger partial charge in [0.15, 0.2) is 0 Å². The molecule has 0 aromatic heterocycles. The van der Waals surface area contributed by atoms with E-state index in [-0.39, 0.29) is 5.91 Å². The Hall–Kier alpha value is -2.35. The number of fused-ring (bicyclic) bond motifs is 2. The fourth-order valence-corrected chi connectivity index (χ4v) is 2.34. The van der Waals surface area contributed by atoms with Crippen molar-refractivity contribution in [3.8, 4) is 0 Å². The van der Waals surface area contributed by atoms with Crippen LogP contribution in [0, 0.1) is 5.41 Å². The van der Waals surface area contributed by atoms with Gasteiger partial charge in [-0.05, 0) is 45.8 Å². The number of rotatable bonds is 1. The lowest BCUT2D eigenvalue weighted by molar-refractivity contribution is -0.123. The summed E-state index contributed by atoms with van der Waals surface area (Å²) >= 11 is 0. The Morgan fingerprint density at radius 2 is 1.38 bits per heavy atom. The maximum atomic E-state index is 12.1. The molecule has 0 atom stereocenters. The van der Waals surface area contributed by atoms with E-state index in [0.29, 0.717) is 0 Å². The molecule has 106 valence electrons. The summed E-state index contributed by atoms with van der Waals surface area (Å²) < 4.78 is 0. The van der Waals surface area contributed by atoms with Crippen LogP contribution in [0.15, 0.2) is 54.6 Å². The first-order valence-corrected chi connectivity index (χ1v) is 7.17. The number of hydrogen-bond donors (Lipinski definition) is 1. The zero-order valence-electron chi connectivity index (χ0n) is 12.6. The fraction of sp³-hybridized carbons (Fsp3) is 0.211. The lowest BCUT2D eigenvalue weighted by Gasteiger charge is -2.18. The summed E-state index contributed by atoms with van der Waals surface area (Å²) in [5.74, 6) is 0.0302. The van der Waals surface area contributed by atoms with Gasteiger partial charge in [0, 0.05) is 11.1 Å². The molecule has 0 saturated carbocycles. The molecule has 3 aromatic carbocycles. The normalized spacial score (nSPS) is 11.8. The SMILES string of the molecule is CC(C)(C)C(=O)Nc1ccc2cc3ccccc3cc2c1. The standard InChI is InChI=1S/C19H19NO/c1-19(2,3)18(21)20-17-9-8-15-10-13-6-4-5-7-14(13)11-16(15)12-17/h4-12H,1-3H3,(H,20,21). The molecule has 0 heterocycles. The largest absolute Gasteiger partial charge is 0.326 e. The Bertz CT molecular complexity index is 828. The van der Waals surface area contributed by atoms with E-state index >= 15 is 0 Å². The number of carbonyl (C=O) groups excluding carboxylic acids is 1. The third kappa shape index (κ3) is 2.75. The third-order valence-corrected chi connectivity index (χ3v) is 3.64. The molecule has 3 rings (SSSR count). The van der Waals surface area contributed by atoms with Crippen LogP contribution in [0.2, 0.25) is 0 Å². The molecular formula is C19H19NO. The van der Waals surface area contributed by atoms with Crippen molar-refractivity contribution in [2.75, 3.05) is 5.32 Å². The summed E-state index contributed by atoms with van der Waals surface area (Å²) in [5.41, 5.74) is 0.455. The molecule has 0 fully saturated rings. The van der Waals surface area contributed by atoms with E-state index in [1.807, 2.05) is 45.0 Å². The quantitative estimate of drug-likeness (QED) is 0.625. The highest BCUT2D eigenvalue weighted by molar-refractivity contribution is 6.01. The summed E-state index contributed by atoms with van der Waals surface area (Å²) in [4.78, 5) is 12.1. The Labute approximate surface area is 124 Å². The first kappa shape index (κ1) is 13.6. The van der Waals surface area contributed by atoms with Gasteiger partial charge in [0.2, 0.25) is 5.91 Å². The van der Waals surface area contributed by atoms with Crippen molar-refractivity contribution in [1.82, 2.24) is 0 Å². The summed E-state index contributed by atoms with van der Waals surface area (Å²) in [6, 6.07) is 18.7. The number of nitrogens with one attached hydrogen (secondary N) is 1. The molecule has 0 aliphatic rings. The van der Waals surface area contributed by atoms with Crippen LogP contribution in [0.3, 0.4) is 0 Å². The lowest BCUT2D eigenvalue weighted by Crippen LogP contribution is -2.27. The van der Waals surface area contributed by atoms with E-state index in [4.69, 9.17) is 0 Å². The molecule has 0 spiro atoms. The van der Waals surface area contributed by atoms with E-state index in [2.05, 4.69) is 35.6 Å². The van der Waals surface area contributed by atoms with Crippen LogP contribution in [-0.4, -0.2) is 5.91 Å². The number of anilines is 1. The topological polar surface area (TPSA) is 29.1 Å². The van der Waals surface area contributed by atoms with Crippen molar-refractivity contribution < 1.29 is 4.79 Å². The Kier molecular flexibility index (Phi) is 3.17. The minimum absolute atomic E-state index is 0.0302. The molecule has 3 aromatic rings. The Morgan fingerprint density at radius 3 is 2.00 bits per heavy atom. The first-order chi connectivity index (χ1) is 9.93. The molecule has 0 saturated heterocycles. The smallest absolute Gasteiger partial charge is 0.229 e. The average Bonchev–Trinajstić information content (AvgIpc) is 2.44. The second kappa shape index (κ2) is 4.88. The van der Waals surface area contributed by atoms with Gasteiger partial charge in [0.05, 0.1) is 0 Å². The third-order valence-electron chi connectivity index (χ3n) is 3.64. The first-order valence-electron chi connectivity index (χ1n) is 7.17. The molecule has 1 amide bonds. The van der Waals surface area contributed by atoms with Gasteiger partial charge in [0.1, 0.15) is 0 Å². The van der Waals surface area contributed by atoms with Crippen LogP contribution >= 0.6 is 0 Å². The Morgan fingerprint density at radius 1 is 0.810 bits per heavy atom. The summed E-state index contributed by atoms with van der Waals surface area (Å²) in [7, 11) is 0. The molecule has 0 unspecified atom stereocenters. The molecule has 0 radical (unpaired) electrons. The lowest BCUT2D eigenvalue weighted by atomic mass is 9.95. The van der Waals surface area contributed by atoms with Gasteiger partial charge in [-0.15, -0.1) is 0 Å². The molecule has 2 nitrogen and oxygen atoms in total. The van der Waals surface area contributed by atoms with Gasteiger partial charge in [-0.25, -0.2) is 0 Å². The minimum atomic E-state index is -0.391. The van der Waals surface area contributed by atoms with E-state index in [1.165, 1.54) is 16.2 Å². The molecule has 1 N–H and O–H groups in total. The van der Waals surface area contributed by atoms with Crippen molar-refractivity contribution in [3.63, 3.8) is 0 Å². The Balaban J connectivity index is 2.03. The van der Waals surface area contributed by atoms with Crippen molar-refractivity contribution in [3.05, 3.63) is 54.6 Å². The number of benzene rings is 3. The summed E-state index contributed by atoms with van der Waals surface area (Å²) in [6.45, 7) is 5.74. The fourth-order valence-electron chi connectivity index (χ4n) is 2.34. The van der Waals surface area contributed by atoms with Crippen LogP contribution in [-0.2, 0) is 4.79 Å². The van der Waals surface area contributed by atoms with Crippen molar-refractivity contribution in [2.24, 2.45) is 5.41 Å². The van der Waals surface area contributed by atoms with Gasteiger partial charge >= 0.3 is 0 Å². The molecule has 0 bridgehead atoms. The second-order valence-corrected chi connectivity index (χ2v) is 6.47. The number of carbonyl (C=O) groups is 1. The number of amides is 1. The van der Waals surface area contributed by atoms with Crippen LogP contribution < -0.4 is 5.32 Å². The summed E-state index contributed by atoms with van der Waals surface area (Å²) in [6.07, 6.45) is 0. The van der Waals surface area contributed by atoms with Crippen LogP contribution in [0.25, 0.3) is 21.5 Å². The summed E-state index contributed by atoms with van der Waals surface area (Å²) in [5, 5.41) is 7.75. The van der Waals surface area contributed by atoms with Gasteiger partial charge < -0.3 is 5.32 Å². The van der Waals surface area contributed by atoms with Gasteiger partial charge in [-0.2, -0.15) is 0 Å². The molecule has 0 aliphatic heterocycles. The molecule has 2 heteroatoms. The zero-order chi connectivity index (χ0) is 15.0. The zero-order valence-corrected chi connectivity index (χ0v) is 12.6. The average molecular weight is 277 g/mol. The van der Waals surface area contributed by atoms with Gasteiger partial charge in [-0.3, -0.25) is 4.79 Å². The van der Waals surface area contributed by atoms with Crippen molar-refractivity contribution >= 4 is 33.1 Å². The van der Waals surface area contributed by atoms with Crippen LogP contribution in [0.1, 0.15) is 20.8 Å². The minimum Gasteiger partial charge on any atom is -0.326 e. The van der Waals surface area contributed by atoms with Gasteiger partial charge in [-0.1, -0.05) is 51.1 Å². The van der Waals surface area contributed by atoms with E-state index in [0.717, 1.165) is 11.1 Å². The highest BCUT2D eigenvalue weighted by atomic mass is 16.2. The predicted molar refractivity (Wildman–Crippen MR) is 89.5 cm³/mol. The molecule has 0 aliphatic carbocycles.